The van der Waals surface area contributed by atoms with Gasteiger partial charge >= 0.3 is 0 Å². The van der Waals surface area contributed by atoms with E-state index < -0.39 is 0 Å². The maximum atomic E-state index is 5.75. The predicted octanol–water partition coefficient (Wildman–Crippen LogP) is 4.04. The zero-order valence-electron chi connectivity index (χ0n) is 12.1. The number of nitrogens with one attached hydrogen (secondary N) is 1. The van der Waals surface area contributed by atoms with Crippen LogP contribution in [-0.4, -0.2) is 11.5 Å². The maximum absolute atomic E-state index is 5.75. The summed E-state index contributed by atoms with van der Waals surface area (Å²) in [6, 6.07) is 6.16. The van der Waals surface area contributed by atoms with Crippen molar-refractivity contribution in [3.05, 3.63) is 18.2 Å². The molecule has 1 saturated carbocycles. The predicted molar refractivity (Wildman–Crippen MR) is 82.7 cm³/mol. The molecule has 4 heteroatoms. The molecule has 0 radical (unpaired) electrons. The van der Waals surface area contributed by atoms with Crippen LogP contribution in [0.3, 0.4) is 0 Å². The van der Waals surface area contributed by atoms with Crippen LogP contribution in [0.25, 0.3) is 11.1 Å². The number of nitrogens with two attached hydrogens (primary N) is 1. The molecule has 4 nitrogen and oxygen atoms in total. The third kappa shape index (κ3) is 2.89. The Labute approximate surface area is 119 Å². The number of hydrogen-bond acceptors (Lipinski definition) is 4. The van der Waals surface area contributed by atoms with E-state index in [0.717, 1.165) is 35.2 Å². The third-order valence-corrected chi connectivity index (χ3v) is 4.50. The lowest BCUT2D eigenvalue weighted by Crippen LogP contribution is -2.21. The number of oxazole rings is 1. The van der Waals surface area contributed by atoms with Gasteiger partial charge in [-0.1, -0.05) is 26.2 Å². The summed E-state index contributed by atoms with van der Waals surface area (Å²) >= 11 is 0. The summed E-state index contributed by atoms with van der Waals surface area (Å²) in [5.41, 5.74) is 8.08. The minimum atomic E-state index is 0.614. The first-order valence-corrected chi connectivity index (χ1v) is 7.64. The van der Waals surface area contributed by atoms with Crippen LogP contribution in [0.15, 0.2) is 22.6 Å². The van der Waals surface area contributed by atoms with Crippen LogP contribution in [-0.2, 0) is 0 Å². The van der Waals surface area contributed by atoms with Crippen LogP contribution in [0, 0.1) is 11.8 Å². The normalized spacial score (nSPS) is 23.1. The smallest absolute Gasteiger partial charge is 0.295 e. The van der Waals surface area contributed by atoms with Crippen LogP contribution < -0.4 is 11.1 Å². The van der Waals surface area contributed by atoms with Crippen molar-refractivity contribution in [1.82, 2.24) is 4.98 Å². The summed E-state index contributed by atoms with van der Waals surface area (Å²) in [6.45, 7) is 3.26. The summed E-state index contributed by atoms with van der Waals surface area (Å²) in [5, 5.41) is 3.34. The quantitative estimate of drug-likeness (QED) is 0.825. The number of nitrogens with zero attached hydrogens (tertiary/aromatic N) is 1. The molecule has 3 N–H and O–H groups in total. The van der Waals surface area contributed by atoms with E-state index in [0.29, 0.717) is 6.01 Å². The monoisotopic (exact) mass is 273 g/mol. The van der Waals surface area contributed by atoms with Gasteiger partial charge in [0.15, 0.2) is 5.58 Å². The Morgan fingerprint density at radius 1 is 1.25 bits per heavy atom. The molecule has 1 aliphatic rings. The molecule has 3 rings (SSSR count). The zero-order chi connectivity index (χ0) is 13.9. The number of nitrogen functional groups attached to an aromatic ring is 1. The van der Waals surface area contributed by atoms with Gasteiger partial charge in [-0.2, -0.15) is 4.98 Å². The van der Waals surface area contributed by atoms with E-state index in [2.05, 4.69) is 17.2 Å². The first-order valence-electron chi connectivity index (χ1n) is 7.64. The van der Waals surface area contributed by atoms with Gasteiger partial charge in [-0.15, -0.1) is 0 Å². The van der Waals surface area contributed by atoms with E-state index in [1.165, 1.54) is 32.1 Å². The van der Waals surface area contributed by atoms with Crippen LogP contribution in [0.4, 0.5) is 11.7 Å². The van der Waals surface area contributed by atoms with Crippen molar-refractivity contribution in [2.45, 2.75) is 39.0 Å². The summed E-state index contributed by atoms with van der Waals surface area (Å²) in [5.74, 6) is 1.69. The van der Waals surface area contributed by atoms with Crippen molar-refractivity contribution in [1.29, 1.82) is 0 Å². The van der Waals surface area contributed by atoms with Crippen LogP contribution >= 0.6 is 0 Å². The van der Waals surface area contributed by atoms with Crippen molar-refractivity contribution in [3.8, 4) is 0 Å². The molecule has 0 atom stereocenters. The van der Waals surface area contributed by atoms with E-state index in [1.54, 1.807) is 0 Å². The van der Waals surface area contributed by atoms with Crippen molar-refractivity contribution >= 4 is 22.8 Å². The molecule has 0 amide bonds. The molecule has 1 heterocycles. The molecule has 0 saturated heterocycles. The highest BCUT2D eigenvalue weighted by atomic mass is 16.4. The second kappa shape index (κ2) is 5.73. The van der Waals surface area contributed by atoms with Crippen molar-refractivity contribution in [2.24, 2.45) is 11.8 Å². The van der Waals surface area contributed by atoms with E-state index in [4.69, 9.17) is 10.2 Å². The van der Waals surface area contributed by atoms with Gasteiger partial charge in [0, 0.05) is 12.2 Å². The van der Waals surface area contributed by atoms with Gasteiger partial charge in [-0.3, -0.25) is 0 Å². The average molecular weight is 273 g/mol. The lowest BCUT2D eigenvalue weighted by atomic mass is 9.81. The van der Waals surface area contributed by atoms with Gasteiger partial charge in [0.05, 0.1) is 0 Å². The molecule has 0 unspecified atom stereocenters. The van der Waals surface area contributed by atoms with E-state index in [1.807, 2.05) is 18.2 Å². The maximum Gasteiger partial charge on any atom is 0.295 e. The second-order valence-corrected chi connectivity index (χ2v) is 5.92. The minimum Gasteiger partial charge on any atom is -0.424 e. The first-order chi connectivity index (χ1) is 9.74. The highest BCUT2D eigenvalue weighted by Gasteiger charge is 2.20. The van der Waals surface area contributed by atoms with Crippen LogP contribution in [0.5, 0.6) is 0 Å². The fourth-order valence-corrected chi connectivity index (χ4v) is 3.10. The molecule has 2 aromatic rings. The molecular formula is C16H23N3O. The standard InChI is InChI=1S/C16H23N3O/c1-2-11-3-5-12(6-4-11)10-18-16-19-14-9-13(17)7-8-15(14)20-16/h7-9,11-12H,2-6,10,17H2,1H3,(H,18,19). The Hall–Kier alpha value is -1.71. The Bertz CT molecular complexity index is 570. The number of benzene rings is 1. The highest BCUT2D eigenvalue weighted by molar-refractivity contribution is 5.78. The number of fused-ring (bicyclic) bond motifs is 1. The van der Waals surface area contributed by atoms with Gasteiger partial charge in [0.25, 0.3) is 6.01 Å². The SMILES string of the molecule is CCC1CCC(CNc2nc3cc(N)ccc3o2)CC1. The first kappa shape index (κ1) is 13.3. The number of aromatic nitrogens is 1. The summed E-state index contributed by atoms with van der Waals surface area (Å²) in [6.07, 6.45) is 6.70. The molecule has 1 aliphatic carbocycles. The lowest BCUT2D eigenvalue weighted by molar-refractivity contribution is 0.277. The minimum absolute atomic E-state index is 0.614. The van der Waals surface area contributed by atoms with Gasteiger partial charge in [0.2, 0.25) is 0 Å². The second-order valence-electron chi connectivity index (χ2n) is 5.92. The van der Waals surface area contributed by atoms with E-state index in [9.17, 15) is 0 Å². The Kier molecular flexibility index (Phi) is 3.81. The largest absolute Gasteiger partial charge is 0.424 e. The van der Waals surface area contributed by atoms with Crippen molar-refractivity contribution in [2.75, 3.05) is 17.6 Å². The zero-order valence-corrected chi connectivity index (χ0v) is 12.1. The van der Waals surface area contributed by atoms with Gasteiger partial charge in [0.1, 0.15) is 5.52 Å². The molecule has 0 aliphatic heterocycles. The lowest BCUT2D eigenvalue weighted by Gasteiger charge is -2.27. The number of hydrogen-bond donors (Lipinski definition) is 2. The van der Waals surface area contributed by atoms with Crippen LogP contribution in [0.2, 0.25) is 0 Å². The van der Waals surface area contributed by atoms with Crippen molar-refractivity contribution in [3.63, 3.8) is 0 Å². The molecular weight excluding hydrogens is 250 g/mol. The molecule has 1 fully saturated rings. The summed E-state index contributed by atoms with van der Waals surface area (Å²) in [7, 11) is 0. The fourth-order valence-electron chi connectivity index (χ4n) is 3.10. The topological polar surface area (TPSA) is 64.1 Å². The Morgan fingerprint density at radius 3 is 2.75 bits per heavy atom. The average Bonchev–Trinajstić information content (AvgIpc) is 2.87. The van der Waals surface area contributed by atoms with E-state index >= 15 is 0 Å². The Morgan fingerprint density at radius 2 is 2.00 bits per heavy atom. The molecule has 0 bridgehead atoms. The molecule has 1 aromatic heterocycles. The highest BCUT2D eigenvalue weighted by Crippen LogP contribution is 2.31. The van der Waals surface area contributed by atoms with Crippen LogP contribution in [0.1, 0.15) is 39.0 Å². The number of rotatable bonds is 4. The third-order valence-electron chi connectivity index (χ3n) is 4.50. The molecule has 108 valence electrons. The van der Waals surface area contributed by atoms with Gasteiger partial charge < -0.3 is 15.5 Å². The summed E-state index contributed by atoms with van der Waals surface area (Å²) < 4.78 is 5.68. The molecule has 20 heavy (non-hydrogen) atoms. The summed E-state index contributed by atoms with van der Waals surface area (Å²) in [4.78, 5) is 4.43. The van der Waals surface area contributed by atoms with Crippen molar-refractivity contribution < 1.29 is 4.42 Å². The van der Waals surface area contributed by atoms with Gasteiger partial charge in [-0.05, 0) is 42.9 Å². The Balaban J connectivity index is 1.57. The van der Waals surface area contributed by atoms with E-state index in [-0.39, 0.29) is 0 Å². The molecule has 1 aromatic carbocycles. The fraction of sp³-hybridized carbons (Fsp3) is 0.562. The van der Waals surface area contributed by atoms with Gasteiger partial charge in [-0.25, -0.2) is 0 Å². The number of anilines is 2. The molecule has 0 spiro atoms.